The number of aliphatic hydroxyl groups excluding tert-OH is 1. The minimum atomic E-state index is -0.157. The van der Waals surface area contributed by atoms with Gasteiger partial charge in [-0.1, -0.05) is 71.1 Å². The molecule has 0 saturated carbocycles. The van der Waals surface area contributed by atoms with Gasteiger partial charge in [0.15, 0.2) is 0 Å². The zero-order chi connectivity index (χ0) is 15.8. The minimum Gasteiger partial charge on any atom is -0.463 e. The Balaban J connectivity index is 3.19. The van der Waals surface area contributed by atoms with Crippen molar-refractivity contribution in [1.82, 2.24) is 0 Å². The second-order valence-corrected chi connectivity index (χ2v) is 6.10. The van der Waals surface area contributed by atoms with Gasteiger partial charge in [0, 0.05) is 19.4 Å². The fraction of sp³-hybridized carbons (Fsp3) is 0.944. The van der Waals surface area contributed by atoms with Gasteiger partial charge in [0.25, 0.3) is 0 Å². The summed E-state index contributed by atoms with van der Waals surface area (Å²) in [7, 11) is 0. The van der Waals surface area contributed by atoms with Crippen molar-refractivity contribution in [3.63, 3.8) is 0 Å². The Labute approximate surface area is 131 Å². The lowest BCUT2D eigenvalue weighted by atomic mass is 10.1. The molecule has 0 aromatic rings. The third-order valence-corrected chi connectivity index (χ3v) is 3.85. The van der Waals surface area contributed by atoms with Crippen molar-refractivity contribution >= 4 is 5.97 Å². The Morgan fingerprint density at radius 3 is 1.86 bits per heavy atom. The van der Waals surface area contributed by atoms with E-state index in [1.165, 1.54) is 57.8 Å². The molecule has 1 N–H and O–H groups in total. The van der Waals surface area contributed by atoms with Crippen LogP contribution in [0.3, 0.4) is 0 Å². The van der Waals surface area contributed by atoms with Crippen LogP contribution in [0.15, 0.2) is 0 Å². The molecule has 0 aromatic carbocycles. The molecule has 0 heterocycles. The number of hydrogen-bond acceptors (Lipinski definition) is 3. The highest BCUT2D eigenvalue weighted by Gasteiger charge is 2.08. The van der Waals surface area contributed by atoms with Crippen LogP contribution in [0.4, 0.5) is 0 Å². The van der Waals surface area contributed by atoms with Crippen LogP contribution >= 0.6 is 0 Å². The maximum Gasteiger partial charge on any atom is 0.306 e. The van der Waals surface area contributed by atoms with Gasteiger partial charge in [-0.3, -0.25) is 4.79 Å². The zero-order valence-electron chi connectivity index (χ0n) is 14.2. The smallest absolute Gasteiger partial charge is 0.306 e. The van der Waals surface area contributed by atoms with E-state index in [4.69, 9.17) is 9.84 Å². The molecular weight excluding hydrogens is 264 g/mol. The first-order valence-electron chi connectivity index (χ1n) is 9.01. The van der Waals surface area contributed by atoms with E-state index in [0.29, 0.717) is 12.8 Å². The van der Waals surface area contributed by atoms with E-state index in [1.54, 1.807) is 0 Å². The normalized spacial score (nSPS) is 12.3. The summed E-state index contributed by atoms with van der Waals surface area (Å²) in [6.45, 7) is 4.16. The van der Waals surface area contributed by atoms with Gasteiger partial charge in [-0.15, -0.1) is 0 Å². The van der Waals surface area contributed by atoms with Gasteiger partial charge < -0.3 is 9.84 Å². The first kappa shape index (κ1) is 20.4. The predicted molar refractivity (Wildman–Crippen MR) is 88.3 cm³/mol. The van der Waals surface area contributed by atoms with Crippen LogP contribution in [-0.2, 0) is 9.53 Å². The van der Waals surface area contributed by atoms with E-state index in [2.05, 4.69) is 6.92 Å². The zero-order valence-corrected chi connectivity index (χ0v) is 14.2. The summed E-state index contributed by atoms with van der Waals surface area (Å²) in [6, 6.07) is 0. The molecule has 0 radical (unpaired) electrons. The molecule has 0 aliphatic carbocycles. The monoisotopic (exact) mass is 300 g/mol. The molecule has 0 amide bonds. The number of carbonyl (C=O) groups excluding carboxylic acids is 1. The maximum absolute atomic E-state index is 11.5. The van der Waals surface area contributed by atoms with Crippen molar-refractivity contribution in [3.05, 3.63) is 0 Å². The van der Waals surface area contributed by atoms with Gasteiger partial charge in [0.2, 0.25) is 0 Å². The number of carbonyl (C=O) groups is 1. The van der Waals surface area contributed by atoms with Crippen LogP contribution < -0.4 is 0 Å². The SMILES string of the molecule is CCCCCCCCCCCCCC(=O)OC(C)CCO. The molecule has 0 aliphatic rings. The summed E-state index contributed by atoms with van der Waals surface area (Å²) in [4.78, 5) is 11.5. The average molecular weight is 300 g/mol. The maximum atomic E-state index is 11.5. The average Bonchev–Trinajstić information content (AvgIpc) is 2.45. The summed E-state index contributed by atoms with van der Waals surface area (Å²) < 4.78 is 5.18. The molecule has 21 heavy (non-hydrogen) atoms. The molecule has 0 rings (SSSR count). The fourth-order valence-corrected chi connectivity index (χ4v) is 2.46. The van der Waals surface area contributed by atoms with Crippen molar-refractivity contribution in [2.45, 2.75) is 103 Å². The molecule has 0 fully saturated rings. The van der Waals surface area contributed by atoms with Crippen molar-refractivity contribution < 1.29 is 14.6 Å². The Hall–Kier alpha value is -0.570. The van der Waals surface area contributed by atoms with E-state index in [0.717, 1.165) is 12.8 Å². The second-order valence-electron chi connectivity index (χ2n) is 6.10. The minimum absolute atomic E-state index is 0.0763. The third kappa shape index (κ3) is 15.6. The van der Waals surface area contributed by atoms with Gasteiger partial charge in [0.05, 0.1) is 0 Å². The van der Waals surface area contributed by atoms with Crippen LogP contribution in [0.1, 0.15) is 97.3 Å². The molecule has 0 bridgehead atoms. The van der Waals surface area contributed by atoms with Gasteiger partial charge >= 0.3 is 5.97 Å². The van der Waals surface area contributed by atoms with E-state index >= 15 is 0 Å². The van der Waals surface area contributed by atoms with Crippen molar-refractivity contribution in [2.24, 2.45) is 0 Å². The number of aliphatic hydroxyl groups is 1. The lowest BCUT2D eigenvalue weighted by Gasteiger charge is -2.11. The predicted octanol–water partition coefficient (Wildman–Crippen LogP) is 5.00. The lowest BCUT2D eigenvalue weighted by Crippen LogP contribution is -2.15. The highest BCUT2D eigenvalue weighted by molar-refractivity contribution is 5.69. The first-order valence-corrected chi connectivity index (χ1v) is 9.01. The summed E-state index contributed by atoms with van der Waals surface area (Å²) in [5.74, 6) is -0.119. The topological polar surface area (TPSA) is 46.5 Å². The quantitative estimate of drug-likeness (QED) is 0.342. The standard InChI is InChI=1S/C18H36O3/c1-3-4-5-6-7-8-9-10-11-12-13-14-18(20)21-17(2)15-16-19/h17,19H,3-16H2,1-2H3. The summed E-state index contributed by atoms with van der Waals surface area (Å²) in [6.07, 6.45) is 15.1. The van der Waals surface area contributed by atoms with Crippen LogP contribution in [0.2, 0.25) is 0 Å². The Morgan fingerprint density at radius 2 is 1.38 bits per heavy atom. The van der Waals surface area contributed by atoms with Crippen molar-refractivity contribution in [3.8, 4) is 0 Å². The number of unbranched alkanes of at least 4 members (excludes halogenated alkanes) is 10. The van der Waals surface area contributed by atoms with Crippen LogP contribution in [0.25, 0.3) is 0 Å². The Kier molecular flexibility index (Phi) is 15.4. The van der Waals surface area contributed by atoms with Crippen molar-refractivity contribution in [2.75, 3.05) is 6.61 Å². The van der Waals surface area contributed by atoms with Crippen LogP contribution in [0.5, 0.6) is 0 Å². The number of esters is 1. The Morgan fingerprint density at radius 1 is 0.905 bits per heavy atom. The Bertz CT molecular complexity index is 229. The van der Waals surface area contributed by atoms with Gasteiger partial charge in [-0.25, -0.2) is 0 Å². The largest absolute Gasteiger partial charge is 0.463 e. The summed E-state index contributed by atoms with van der Waals surface area (Å²) >= 11 is 0. The third-order valence-electron chi connectivity index (χ3n) is 3.85. The number of rotatable bonds is 15. The summed E-state index contributed by atoms with van der Waals surface area (Å²) in [5, 5.41) is 8.74. The molecule has 3 heteroatoms. The second kappa shape index (κ2) is 15.8. The van der Waals surface area contributed by atoms with Crippen LogP contribution in [0, 0.1) is 0 Å². The highest BCUT2D eigenvalue weighted by Crippen LogP contribution is 2.12. The van der Waals surface area contributed by atoms with E-state index < -0.39 is 0 Å². The number of ether oxygens (including phenoxy) is 1. The fourth-order valence-electron chi connectivity index (χ4n) is 2.46. The molecule has 0 aliphatic heterocycles. The van der Waals surface area contributed by atoms with Crippen LogP contribution in [-0.4, -0.2) is 23.8 Å². The summed E-state index contributed by atoms with van der Waals surface area (Å²) in [5.41, 5.74) is 0. The molecule has 1 atom stereocenters. The highest BCUT2D eigenvalue weighted by atomic mass is 16.5. The molecule has 0 spiro atoms. The number of hydrogen-bond donors (Lipinski definition) is 1. The van der Waals surface area contributed by atoms with Gasteiger partial charge in [-0.2, -0.15) is 0 Å². The van der Waals surface area contributed by atoms with Gasteiger partial charge in [-0.05, 0) is 13.3 Å². The molecule has 126 valence electrons. The molecular formula is C18H36O3. The van der Waals surface area contributed by atoms with Crippen molar-refractivity contribution in [1.29, 1.82) is 0 Å². The molecule has 0 aromatic heterocycles. The van der Waals surface area contributed by atoms with E-state index in [-0.39, 0.29) is 18.7 Å². The van der Waals surface area contributed by atoms with E-state index in [1.807, 2.05) is 6.92 Å². The van der Waals surface area contributed by atoms with Gasteiger partial charge in [0.1, 0.15) is 6.10 Å². The lowest BCUT2D eigenvalue weighted by molar-refractivity contribution is -0.148. The molecule has 1 unspecified atom stereocenters. The first-order chi connectivity index (χ1) is 10.2. The molecule has 0 saturated heterocycles. The molecule has 3 nitrogen and oxygen atoms in total. The van der Waals surface area contributed by atoms with E-state index in [9.17, 15) is 4.79 Å².